The fourth-order valence-electron chi connectivity index (χ4n) is 2.59. The molecule has 0 bridgehead atoms. The first-order valence-electron chi connectivity index (χ1n) is 5.47. The number of rotatable bonds is 1. The Bertz CT molecular complexity index is 458. The Hall–Kier alpha value is -0.380. The van der Waals surface area contributed by atoms with Crippen molar-refractivity contribution in [1.82, 2.24) is 10.3 Å². The molecular weight excluding hydrogens is 288 g/mol. The van der Waals surface area contributed by atoms with E-state index in [1.807, 2.05) is 12.3 Å². The summed E-state index contributed by atoms with van der Waals surface area (Å²) in [6, 6.07) is 2.00. The molecule has 3 rings (SSSR count). The van der Waals surface area contributed by atoms with Gasteiger partial charge < -0.3 is 5.32 Å². The molecule has 4 heteroatoms. The molecule has 1 N–H and O–H groups in total. The van der Waals surface area contributed by atoms with Crippen LogP contribution in [0.15, 0.2) is 22.9 Å². The molecule has 0 spiro atoms. The highest BCUT2D eigenvalue weighted by Crippen LogP contribution is 2.38. The number of hydrogen-bond acceptors (Lipinski definition) is 2. The molecular formula is C12H12BrClN2. The van der Waals surface area contributed by atoms with Gasteiger partial charge in [-0.1, -0.05) is 17.7 Å². The van der Waals surface area contributed by atoms with Gasteiger partial charge >= 0.3 is 0 Å². The van der Waals surface area contributed by atoms with Crippen LogP contribution in [-0.2, 0) is 0 Å². The zero-order valence-electron chi connectivity index (χ0n) is 8.71. The number of aromatic nitrogens is 1. The topological polar surface area (TPSA) is 24.9 Å². The summed E-state index contributed by atoms with van der Waals surface area (Å²) in [5, 5.41) is 4.11. The van der Waals surface area contributed by atoms with Crippen LogP contribution >= 0.6 is 27.5 Å². The molecule has 1 aliphatic carbocycles. The molecule has 1 aromatic heterocycles. The van der Waals surface area contributed by atoms with Crippen molar-refractivity contribution in [3.8, 4) is 0 Å². The standard InChI is InChI=1S/C12H12BrClN2/c13-12-11(14)3-10(6-16-12)7-1-8-4-15-5-9(8)2-7/h1,3,6,8-9,15H,2,4-5H2/t8-,9+/m0/s1. The third kappa shape index (κ3) is 1.81. The van der Waals surface area contributed by atoms with E-state index >= 15 is 0 Å². The lowest BCUT2D eigenvalue weighted by Gasteiger charge is -2.07. The molecule has 0 aromatic carbocycles. The van der Waals surface area contributed by atoms with Crippen molar-refractivity contribution in [2.45, 2.75) is 6.42 Å². The maximum Gasteiger partial charge on any atom is 0.124 e. The molecule has 1 saturated heterocycles. The maximum atomic E-state index is 6.06. The Kier molecular flexibility index (Phi) is 2.78. The number of allylic oxidation sites excluding steroid dienone is 1. The molecule has 2 aliphatic rings. The van der Waals surface area contributed by atoms with E-state index < -0.39 is 0 Å². The highest BCUT2D eigenvalue weighted by molar-refractivity contribution is 9.10. The van der Waals surface area contributed by atoms with Gasteiger partial charge in [0.2, 0.25) is 0 Å². The highest BCUT2D eigenvalue weighted by atomic mass is 79.9. The quantitative estimate of drug-likeness (QED) is 0.806. The third-order valence-corrected chi connectivity index (χ3v) is 4.60. The summed E-state index contributed by atoms with van der Waals surface area (Å²) < 4.78 is 0.721. The van der Waals surface area contributed by atoms with Crippen LogP contribution in [0, 0.1) is 11.8 Å². The second kappa shape index (κ2) is 4.13. The maximum absolute atomic E-state index is 6.06. The molecule has 16 heavy (non-hydrogen) atoms. The van der Waals surface area contributed by atoms with Crippen molar-refractivity contribution in [2.75, 3.05) is 13.1 Å². The van der Waals surface area contributed by atoms with E-state index in [4.69, 9.17) is 11.6 Å². The number of halogens is 2. The third-order valence-electron chi connectivity index (χ3n) is 3.46. The average molecular weight is 300 g/mol. The van der Waals surface area contributed by atoms with Crippen LogP contribution in [0.1, 0.15) is 12.0 Å². The van der Waals surface area contributed by atoms with Gasteiger partial charge in [-0.3, -0.25) is 0 Å². The molecule has 0 saturated carbocycles. The number of fused-ring (bicyclic) bond motifs is 1. The lowest BCUT2D eigenvalue weighted by Crippen LogP contribution is -2.09. The smallest absolute Gasteiger partial charge is 0.124 e. The summed E-state index contributed by atoms with van der Waals surface area (Å²) in [4.78, 5) is 4.25. The predicted octanol–water partition coefficient (Wildman–Crippen LogP) is 3.12. The van der Waals surface area contributed by atoms with Crippen molar-refractivity contribution < 1.29 is 0 Å². The van der Waals surface area contributed by atoms with Crippen LogP contribution in [0.25, 0.3) is 5.57 Å². The number of nitrogens with one attached hydrogen (secondary N) is 1. The van der Waals surface area contributed by atoms with Crippen molar-refractivity contribution in [3.63, 3.8) is 0 Å². The summed E-state index contributed by atoms with van der Waals surface area (Å²) in [6.07, 6.45) is 5.43. The molecule has 0 amide bonds. The van der Waals surface area contributed by atoms with Crippen LogP contribution in [0.2, 0.25) is 5.02 Å². The molecule has 84 valence electrons. The normalized spacial score (nSPS) is 28.0. The Morgan fingerprint density at radius 2 is 2.31 bits per heavy atom. The van der Waals surface area contributed by atoms with E-state index in [-0.39, 0.29) is 0 Å². The van der Waals surface area contributed by atoms with Crippen molar-refractivity contribution >= 4 is 33.1 Å². The fourth-order valence-corrected chi connectivity index (χ4v) is 2.98. The lowest BCUT2D eigenvalue weighted by atomic mass is 9.99. The Labute approximate surface area is 108 Å². The van der Waals surface area contributed by atoms with E-state index in [0.717, 1.165) is 30.0 Å². The van der Waals surface area contributed by atoms with E-state index in [0.29, 0.717) is 10.9 Å². The molecule has 1 aliphatic heterocycles. The zero-order valence-corrected chi connectivity index (χ0v) is 11.1. The van der Waals surface area contributed by atoms with Gasteiger partial charge in [0.1, 0.15) is 4.60 Å². The SMILES string of the molecule is Clc1cc(C2=C[C@H]3CNC[C@H]3C2)cnc1Br. The largest absolute Gasteiger partial charge is 0.316 e. The highest BCUT2D eigenvalue weighted by Gasteiger charge is 2.31. The van der Waals surface area contributed by atoms with E-state index in [2.05, 4.69) is 32.3 Å². The number of nitrogens with zero attached hydrogens (tertiary/aromatic N) is 1. The minimum atomic E-state index is 0.689. The van der Waals surface area contributed by atoms with Crippen LogP contribution < -0.4 is 5.32 Å². The summed E-state index contributed by atoms with van der Waals surface area (Å²) in [5.41, 5.74) is 2.57. The predicted molar refractivity (Wildman–Crippen MR) is 69.4 cm³/mol. The first-order chi connectivity index (χ1) is 7.74. The monoisotopic (exact) mass is 298 g/mol. The first-order valence-corrected chi connectivity index (χ1v) is 6.64. The molecule has 2 atom stereocenters. The van der Waals surface area contributed by atoms with Gasteiger partial charge in [-0.15, -0.1) is 0 Å². The zero-order chi connectivity index (χ0) is 11.1. The second-order valence-electron chi connectivity index (χ2n) is 4.47. The second-order valence-corrected chi connectivity index (χ2v) is 5.63. The van der Waals surface area contributed by atoms with Gasteiger partial charge in [0.15, 0.2) is 0 Å². The fraction of sp³-hybridized carbons (Fsp3) is 0.417. The van der Waals surface area contributed by atoms with Crippen LogP contribution in [-0.4, -0.2) is 18.1 Å². The summed E-state index contributed by atoms with van der Waals surface area (Å²) in [7, 11) is 0. The van der Waals surface area contributed by atoms with Gasteiger partial charge in [-0.2, -0.15) is 0 Å². The molecule has 0 radical (unpaired) electrons. The van der Waals surface area contributed by atoms with Gasteiger partial charge in [0.05, 0.1) is 5.02 Å². The van der Waals surface area contributed by atoms with Crippen LogP contribution in [0.5, 0.6) is 0 Å². The minimum absolute atomic E-state index is 0.689. The van der Waals surface area contributed by atoms with Crippen molar-refractivity contribution in [3.05, 3.63) is 33.5 Å². The molecule has 1 aromatic rings. The molecule has 2 nitrogen and oxygen atoms in total. The summed E-state index contributed by atoms with van der Waals surface area (Å²) >= 11 is 9.38. The molecule has 0 unspecified atom stereocenters. The summed E-state index contributed by atoms with van der Waals surface area (Å²) in [5.74, 6) is 1.48. The number of pyridine rings is 1. The average Bonchev–Trinajstić information content (AvgIpc) is 2.81. The van der Waals surface area contributed by atoms with Gasteiger partial charge in [-0.25, -0.2) is 4.98 Å². The Balaban J connectivity index is 1.90. The van der Waals surface area contributed by atoms with Crippen molar-refractivity contribution in [1.29, 1.82) is 0 Å². The van der Waals surface area contributed by atoms with E-state index in [1.54, 1.807) is 0 Å². The summed E-state index contributed by atoms with van der Waals surface area (Å²) in [6.45, 7) is 2.26. The Morgan fingerprint density at radius 3 is 3.06 bits per heavy atom. The first kappa shape index (κ1) is 10.8. The molecule has 2 heterocycles. The lowest BCUT2D eigenvalue weighted by molar-refractivity contribution is 0.536. The van der Waals surface area contributed by atoms with Crippen LogP contribution in [0.3, 0.4) is 0 Å². The van der Waals surface area contributed by atoms with Gasteiger partial charge in [0.25, 0.3) is 0 Å². The molecule has 1 fully saturated rings. The van der Waals surface area contributed by atoms with Gasteiger partial charge in [0, 0.05) is 12.7 Å². The van der Waals surface area contributed by atoms with Crippen LogP contribution in [0.4, 0.5) is 0 Å². The van der Waals surface area contributed by atoms with E-state index in [1.165, 1.54) is 11.1 Å². The number of hydrogen-bond donors (Lipinski definition) is 1. The minimum Gasteiger partial charge on any atom is -0.316 e. The Morgan fingerprint density at radius 1 is 1.44 bits per heavy atom. The van der Waals surface area contributed by atoms with Crippen molar-refractivity contribution in [2.24, 2.45) is 11.8 Å². The van der Waals surface area contributed by atoms with Gasteiger partial charge in [-0.05, 0) is 57.9 Å². The van der Waals surface area contributed by atoms with E-state index in [9.17, 15) is 0 Å².